The predicted molar refractivity (Wildman–Crippen MR) is 124 cm³/mol. The van der Waals surface area contributed by atoms with Crippen molar-refractivity contribution in [2.45, 2.75) is 64.0 Å². The van der Waals surface area contributed by atoms with Gasteiger partial charge in [-0.1, -0.05) is 74.2 Å². The molecule has 6 nitrogen and oxygen atoms in total. The Morgan fingerprint density at radius 1 is 1.00 bits per heavy atom. The number of nitrogens with zero attached hydrogens (tertiary/aromatic N) is 2. The molecule has 0 unspecified atom stereocenters. The summed E-state index contributed by atoms with van der Waals surface area (Å²) in [7, 11) is 0. The van der Waals surface area contributed by atoms with Gasteiger partial charge >= 0.3 is 6.03 Å². The van der Waals surface area contributed by atoms with Crippen molar-refractivity contribution in [1.82, 2.24) is 10.2 Å². The third-order valence-electron chi connectivity index (χ3n) is 6.71. The lowest BCUT2D eigenvalue weighted by atomic mass is 9.80. The van der Waals surface area contributed by atoms with E-state index in [9.17, 15) is 14.4 Å². The van der Waals surface area contributed by atoms with Crippen LogP contribution in [0.2, 0.25) is 0 Å². The molecule has 1 saturated heterocycles. The van der Waals surface area contributed by atoms with Crippen LogP contribution >= 0.6 is 0 Å². The first-order valence-corrected chi connectivity index (χ1v) is 11.5. The average molecular weight is 434 g/mol. The van der Waals surface area contributed by atoms with Crippen molar-refractivity contribution in [3.8, 4) is 0 Å². The Morgan fingerprint density at radius 3 is 2.28 bits per heavy atom. The molecular weight excluding hydrogens is 402 g/mol. The molecule has 0 aromatic heterocycles. The number of rotatable bonds is 6. The summed E-state index contributed by atoms with van der Waals surface area (Å²) in [5, 5.41) is 3.00. The van der Waals surface area contributed by atoms with Crippen LogP contribution in [0.5, 0.6) is 0 Å². The van der Waals surface area contributed by atoms with Crippen LogP contribution in [-0.2, 0) is 9.59 Å². The number of urea groups is 1. The lowest BCUT2D eigenvalue weighted by molar-refractivity contribution is -0.135. The van der Waals surface area contributed by atoms with E-state index in [4.69, 9.17) is 0 Å². The first-order valence-electron chi connectivity index (χ1n) is 11.5. The van der Waals surface area contributed by atoms with Gasteiger partial charge in [0.15, 0.2) is 0 Å². The minimum atomic E-state index is -0.880. The van der Waals surface area contributed by atoms with Crippen LogP contribution in [0.4, 0.5) is 10.5 Å². The van der Waals surface area contributed by atoms with E-state index in [1.54, 1.807) is 4.90 Å². The molecule has 4 amide bonds. The van der Waals surface area contributed by atoms with E-state index in [1.807, 2.05) is 68.4 Å². The van der Waals surface area contributed by atoms with Crippen molar-refractivity contribution in [3.05, 3.63) is 65.7 Å². The molecule has 1 aliphatic heterocycles. The van der Waals surface area contributed by atoms with Gasteiger partial charge in [0.1, 0.15) is 12.1 Å². The quantitative estimate of drug-likeness (QED) is 0.670. The predicted octanol–water partition coefficient (Wildman–Crippen LogP) is 4.73. The van der Waals surface area contributed by atoms with E-state index in [1.165, 1.54) is 0 Å². The van der Waals surface area contributed by atoms with Crippen LogP contribution in [0.3, 0.4) is 0 Å². The second kappa shape index (κ2) is 9.15. The zero-order valence-electron chi connectivity index (χ0n) is 18.8. The van der Waals surface area contributed by atoms with Crippen molar-refractivity contribution in [2.24, 2.45) is 0 Å². The third-order valence-corrected chi connectivity index (χ3v) is 6.71. The maximum Gasteiger partial charge on any atom is 0.332 e. The van der Waals surface area contributed by atoms with Gasteiger partial charge in [0.25, 0.3) is 5.91 Å². The second-order valence-corrected chi connectivity index (χ2v) is 8.88. The minimum Gasteiger partial charge on any atom is -0.348 e. The average Bonchev–Trinajstić information content (AvgIpc) is 3.00. The molecule has 4 rings (SSSR count). The summed E-state index contributed by atoms with van der Waals surface area (Å²) in [6.07, 6.45) is 4.83. The van der Waals surface area contributed by atoms with E-state index in [0.29, 0.717) is 12.8 Å². The summed E-state index contributed by atoms with van der Waals surface area (Å²) in [6, 6.07) is 16.9. The molecule has 1 N–H and O–H groups in total. The zero-order chi connectivity index (χ0) is 22.7. The smallest absolute Gasteiger partial charge is 0.332 e. The molecule has 2 fully saturated rings. The van der Waals surface area contributed by atoms with Crippen LogP contribution in [0.15, 0.2) is 54.6 Å². The Hall–Kier alpha value is -3.15. The summed E-state index contributed by atoms with van der Waals surface area (Å²) < 4.78 is 0. The standard InChI is InChI=1S/C26H31N3O3/c1-3-22(20-10-6-4-7-11-20)27-23(30)18-28-24(31)26(16-8-5-9-17-26)29(25(28)32)21-14-12-19(2)13-15-21/h4,6-7,10-15,22H,3,5,8-9,16-18H2,1-2H3,(H,27,30)/t22-/m1/s1. The van der Waals surface area contributed by atoms with Crippen LogP contribution < -0.4 is 10.2 Å². The summed E-state index contributed by atoms with van der Waals surface area (Å²) in [5.41, 5.74) is 1.93. The summed E-state index contributed by atoms with van der Waals surface area (Å²) in [6.45, 7) is 3.73. The van der Waals surface area contributed by atoms with Gasteiger partial charge in [0.2, 0.25) is 5.91 Å². The molecule has 1 saturated carbocycles. The number of amides is 4. The molecule has 168 valence electrons. The minimum absolute atomic E-state index is 0.159. The van der Waals surface area contributed by atoms with Crippen LogP contribution in [-0.4, -0.2) is 34.8 Å². The zero-order valence-corrected chi connectivity index (χ0v) is 18.8. The number of benzene rings is 2. The number of carbonyl (C=O) groups excluding carboxylic acids is 3. The van der Waals surface area contributed by atoms with E-state index >= 15 is 0 Å². The molecule has 1 spiro atoms. The SMILES string of the molecule is CC[C@@H](NC(=O)CN1C(=O)N(c2ccc(C)cc2)C2(CCCCC2)C1=O)c1ccccc1. The third kappa shape index (κ3) is 4.01. The van der Waals surface area contributed by atoms with Gasteiger partial charge in [-0.25, -0.2) is 4.79 Å². The molecule has 32 heavy (non-hydrogen) atoms. The normalized spacial score (nSPS) is 18.8. The highest BCUT2D eigenvalue weighted by Crippen LogP contribution is 2.43. The maximum absolute atomic E-state index is 13.6. The molecule has 2 aromatic carbocycles. The summed E-state index contributed by atoms with van der Waals surface area (Å²) >= 11 is 0. The first-order chi connectivity index (χ1) is 15.5. The molecule has 1 heterocycles. The summed E-state index contributed by atoms with van der Waals surface area (Å²) in [4.78, 5) is 42.8. The second-order valence-electron chi connectivity index (χ2n) is 8.88. The van der Waals surface area contributed by atoms with E-state index in [-0.39, 0.29) is 24.4 Å². The van der Waals surface area contributed by atoms with E-state index in [0.717, 1.165) is 47.4 Å². The highest BCUT2D eigenvalue weighted by molar-refractivity contribution is 6.18. The van der Waals surface area contributed by atoms with Gasteiger partial charge in [-0.2, -0.15) is 0 Å². The van der Waals surface area contributed by atoms with Gasteiger partial charge in [0, 0.05) is 5.69 Å². The van der Waals surface area contributed by atoms with Crippen LogP contribution in [0.1, 0.15) is 62.6 Å². The highest BCUT2D eigenvalue weighted by atomic mass is 16.2. The van der Waals surface area contributed by atoms with Gasteiger partial charge in [-0.3, -0.25) is 19.4 Å². The number of nitrogens with one attached hydrogen (secondary N) is 1. The Morgan fingerprint density at radius 2 is 1.66 bits per heavy atom. The van der Waals surface area contributed by atoms with Gasteiger partial charge < -0.3 is 5.32 Å². The van der Waals surface area contributed by atoms with E-state index in [2.05, 4.69) is 5.32 Å². The van der Waals surface area contributed by atoms with Crippen LogP contribution in [0, 0.1) is 6.92 Å². The molecule has 0 radical (unpaired) electrons. The molecule has 1 aliphatic carbocycles. The Kier molecular flexibility index (Phi) is 6.31. The highest BCUT2D eigenvalue weighted by Gasteiger charge is 2.58. The van der Waals surface area contributed by atoms with Gasteiger partial charge in [0.05, 0.1) is 6.04 Å². The van der Waals surface area contributed by atoms with Crippen molar-refractivity contribution >= 4 is 23.5 Å². The largest absolute Gasteiger partial charge is 0.348 e. The molecule has 0 bridgehead atoms. The van der Waals surface area contributed by atoms with Crippen molar-refractivity contribution in [1.29, 1.82) is 0 Å². The molecular formula is C26H31N3O3. The summed E-state index contributed by atoms with van der Waals surface area (Å²) in [5.74, 6) is -0.565. The Labute approximate surface area is 189 Å². The van der Waals surface area contributed by atoms with Crippen LogP contribution in [0.25, 0.3) is 0 Å². The van der Waals surface area contributed by atoms with Gasteiger partial charge in [-0.05, 0) is 43.9 Å². The molecule has 1 atom stereocenters. The van der Waals surface area contributed by atoms with Crippen molar-refractivity contribution in [2.75, 3.05) is 11.4 Å². The van der Waals surface area contributed by atoms with E-state index < -0.39 is 11.6 Å². The van der Waals surface area contributed by atoms with Crippen molar-refractivity contribution in [3.63, 3.8) is 0 Å². The number of aryl methyl sites for hydroxylation is 1. The van der Waals surface area contributed by atoms with Crippen molar-refractivity contribution < 1.29 is 14.4 Å². The molecule has 2 aliphatic rings. The first kappa shape index (κ1) is 22.1. The molecule has 2 aromatic rings. The topological polar surface area (TPSA) is 69.7 Å². The lowest BCUT2D eigenvalue weighted by Crippen LogP contribution is -2.51. The maximum atomic E-state index is 13.6. The number of carbonyl (C=O) groups is 3. The fourth-order valence-electron chi connectivity index (χ4n) is 4.99. The Bertz CT molecular complexity index is 981. The number of imide groups is 1. The number of anilines is 1. The lowest BCUT2D eigenvalue weighted by Gasteiger charge is -2.38. The monoisotopic (exact) mass is 433 g/mol. The molecule has 6 heteroatoms. The number of hydrogen-bond donors (Lipinski definition) is 1. The Balaban J connectivity index is 1.57. The number of hydrogen-bond acceptors (Lipinski definition) is 3. The van der Waals surface area contributed by atoms with Gasteiger partial charge in [-0.15, -0.1) is 0 Å². The fourth-order valence-corrected chi connectivity index (χ4v) is 4.99. The fraction of sp³-hybridized carbons (Fsp3) is 0.423.